The lowest BCUT2D eigenvalue weighted by Gasteiger charge is -2.12. The van der Waals surface area contributed by atoms with Crippen LogP contribution in [0.2, 0.25) is 0 Å². The summed E-state index contributed by atoms with van der Waals surface area (Å²) < 4.78 is 25.0. The predicted octanol–water partition coefficient (Wildman–Crippen LogP) is 1.14. The first-order chi connectivity index (χ1) is 6.48. The zero-order valence-electron chi connectivity index (χ0n) is 7.80. The summed E-state index contributed by atoms with van der Waals surface area (Å²) in [5, 5.41) is 1.61. The molecule has 78 valence electrons. The molecule has 0 aromatic carbocycles. The van der Waals surface area contributed by atoms with Crippen LogP contribution in [0.3, 0.4) is 0 Å². The molecule has 1 heterocycles. The van der Waals surface area contributed by atoms with Crippen molar-refractivity contribution < 1.29 is 8.42 Å². The van der Waals surface area contributed by atoms with Crippen LogP contribution >= 0.6 is 11.3 Å². The molecule has 4 nitrogen and oxygen atoms in total. The van der Waals surface area contributed by atoms with Gasteiger partial charge in [-0.05, 0) is 6.07 Å². The van der Waals surface area contributed by atoms with Crippen molar-refractivity contribution in [1.29, 1.82) is 0 Å². The van der Waals surface area contributed by atoms with Crippen molar-refractivity contribution in [2.24, 2.45) is 0 Å². The number of nitrogen functional groups attached to an aromatic ring is 1. The number of thiophene rings is 1. The molecule has 0 amide bonds. The molecule has 0 aliphatic carbocycles. The Kier molecular flexibility index (Phi) is 3.30. The summed E-state index contributed by atoms with van der Waals surface area (Å²) in [5.74, 6) is 0. The molecule has 0 aliphatic rings. The number of rotatable bonds is 4. The molecule has 0 atom stereocenters. The van der Waals surface area contributed by atoms with Crippen LogP contribution in [0.5, 0.6) is 0 Å². The van der Waals surface area contributed by atoms with Crippen LogP contribution in [-0.4, -0.2) is 26.3 Å². The zero-order chi connectivity index (χ0) is 10.8. The summed E-state index contributed by atoms with van der Waals surface area (Å²) >= 11 is 1.12. The molecule has 1 aromatic heterocycles. The van der Waals surface area contributed by atoms with Gasteiger partial charge in [-0.3, -0.25) is 0 Å². The largest absolute Gasteiger partial charge is 0.398 e. The van der Waals surface area contributed by atoms with E-state index >= 15 is 0 Å². The first-order valence-corrected chi connectivity index (χ1v) is 6.21. The first-order valence-electron chi connectivity index (χ1n) is 3.89. The molecular formula is C8H12N2O2S2. The topological polar surface area (TPSA) is 63.4 Å². The minimum absolute atomic E-state index is 0.263. The molecular weight excluding hydrogens is 220 g/mol. The maximum Gasteiger partial charge on any atom is 0.252 e. The number of hydrogen-bond acceptors (Lipinski definition) is 4. The molecule has 0 fully saturated rings. The van der Waals surface area contributed by atoms with E-state index < -0.39 is 10.0 Å². The van der Waals surface area contributed by atoms with Gasteiger partial charge in [-0.2, -0.15) is 4.31 Å². The fourth-order valence-corrected chi connectivity index (χ4v) is 3.33. The van der Waals surface area contributed by atoms with E-state index in [-0.39, 0.29) is 4.21 Å². The van der Waals surface area contributed by atoms with Crippen molar-refractivity contribution in [2.75, 3.05) is 19.3 Å². The fraction of sp³-hybridized carbons (Fsp3) is 0.250. The van der Waals surface area contributed by atoms with Crippen LogP contribution in [0.25, 0.3) is 0 Å². The second kappa shape index (κ2) is 4.12. The fourth-order valence-electron chi connectivity index (χ4n) is 0.899. The van der Waals surface area contributed by atoms with E-state index in [1.54, 1.807) is 5.38 Å². The third-order valence-corrected chi connectivity index (χ3v) is 4.90. The van der Waals surface area contributed by atoms with Crippen LogP contribution in [0.4, 0.5) is 5.69 Å². The van der Waals surface area contributed by atoms with Gasteiger partial charge in [-0.1, -0.05) is 6.08 Å². The molecule has 0 saturated heterocycles. The second-order valence-electron chi connectivity index (χ2n) is 2.77. The Morgan fingerprint density at radius 1 is 1.71 bits per heavy atom. The average Bonchev–Trinajstić information content (AvgIpc) is 2.52. The van der Waals surface area contributed by atoms with Crippen LogP contribution in [0.1, 0.15) is 0 Å². The van der Waals surface area contributed by atoms with Crippen molar-refractivity contribution in [1.82, 2.24) is 4.31 Å². The van der Waals surface area contributed by atoms with Gasteiger partial charge in [0.05, 0.1) is 0 Å². The van der Waals surface area contributed by atoms with Crippen LogP contribution in [0, 0.1) is 0 Å². The molecule has 14 heavy (non-hydrogen) atoms. The molecule has 1 rings (SSSR count). The minimum atomic E-state index is -3.38. The Labute approximate surface area is 87.7 Å². The smallest absolute Gasteiger partial charge is 0.252 e. The van der Waals surface area contributed by atoms with Gasteiger partial charge in [0.2, 0.25) is 0 Å². The Hall–Kier alpha value is -0.850. The maximum atomic E-state index is 11.8. The van der Waals surface area contributed by atoms with Gasteiger partial charge < -0.3 is 5.73 Å². The summed E-state index contributed by atoms with van der Waals surface area (Å²) in [6.45, 7) is 3.78. The monoisotopic (exact) mass is 232 g/mol. The van der Waals surface area contributed by atoms with Gasteiger partial charge in [-0.25, -0.2) is 8.42 Å². The summed E-state index contributed by atoms with van der Waals surface area (Å²) in [6, 6.07) is 1.46. The summed E-state index contributed by atoms with van der Waals surface area (Å²) in [6.07, 6.45) is 1.54. The van der Waals surface area contributed by atoms with E-state index in [9.17, 15) is 8.42 Å². The van der Waals surface area contributed by atoms with E-state index in [4.69, 9.17) is 5.73 Å². The molecule has 0 spiro atoms. The van der Waals surface area contributed by atoms with Crippen LogP contribution < -0.4 is 5.73 Å². The number of nitrogens with two attached hydrogens (primary N) is 1. The highest BCUT2D eigenvalue weighted by atomic mass is 32.2. The van der Waals surface area contributed by atoms with Gasteiger partial charge in [0.25, 0.3) is 10.0 Å². The minimum Gasteiger partial charge on any atom is -0.398 e. The summed E-state index contributed by atoms with van der Waals surface area (Å²) in [7, 11) is -1.87. The normalized spacial score (nSPS) is 11.9. The molecule has 0 radical (unpaired) electrons. The Bertz CT molecular complexity index is 422. The molecule has 0 bridgehead atoms. The lowest BCUT2D eigenvalue weighted by Crippen LogP contribution is -2.26. The Balaban J connectivity index is 3.02. The summed E-state index contributed by atoms with van der Waals surface area (Å²) in [5.41, 5.74) is 5.93. The molecule has 2 N–H and O–H groups in total. The van der Waals surface area contributed by atoms with Crippen LogP contribution in [-0.2, 0) is 10.0 Å². The number of likely N-dealkylation sites (N-methyl/N-ethyl adjacent to an activating group) is 1. The molecule has 1 aromatic rings. The standard InChI is InChI=1S/C8H12N2O2S2/c1-3-4-10(2)14(11,12)8-5-7(9)6-13-8/h3,5-6H,1,4,9H2,2H3. The van der Waals surface area contributed by atoms with E-state index in [0.29, 0.717) is 12.2 Å². The van der Waals surface area contributed by atoms with Crippen molar-refractivity contribution in [3.63, 3.8) is 0 Å². The lowest BCUT2D eigenvalue weighted by atomic mass is 10.6. The Morgan fingerprint density at radius 3 is 2.79 bits per heavy atom. The maximum absolute atomic E-state index is 11.8. The predicted molar refractivity (Wildman–Crippen MR) is 58.7 cm³/mol. The second-order valence-corrected chi connectivity index (χ2v) is 5.96. The van der Waals surface area contributed by atoms with Gasteiger partial charge in [0, 0.05) is 24.7 Å². The van der Waals surface area contributed by atoms with Crippen molar-refractivity contribution in [3.05, 3.63) is 24.1 Å². The zero-order valence-corrected chi connectivity index (χ0v) is 9.44. The van der Waals surface area contributed by atoms with E-state index in [0.717, 1.165) is 11.3 Å². The van der Waals surface area contributed by atoms with Crippen molar-refractivity contribution >= 4 is 27.0 Å². The highest BCUT2D eigenvalue weighted by Gasteiger charge is 2.21. The van der Waals surface area contributed by atoms with Gasteiger partial charge >= 0.3 is 0 Å². The third-order valence-electron chi connectivity index (χ3n) is 1.65. The van der Waals surface area contributed by atoms with Crippen molar-refractivity contribution in [3.8, 4) is 0 Å². The molecule has 6 heteroatoms. The van der Waals surface area contributed by atoms with Gasteiger partial charge in [0.15, 0.2) is 0 Å². The Morgan fingerprint density at radius 2 is 2.36 bits per heavy atom. The van der Waals surface area contributed by atoms with Crippen LogP contribution in [0.15, 0.2) is 28.3 Å². The first kappa shape index (κ1) is 11.2. The SMILES string of the molecule is C=CCN(C)S(=O)(=O)c1cc(N)cs1. The van der Waals surface area contributed by atoms with Gasteiger partial charge in [-0.15, -0.1) is 17.9 Å². The number of sulfonamides is 1. The number of hydrogen-bond donors (Lipinski definition) is 1. The quantitative estimate of drug-likeness (QED) is 0.792. The van der Waals surface area contributed by atoms with E-state index in [2.05, 4.69) is 6.58 Å². The van der Waals surface area contributed by atoms with E-state index in [1.165, 1.54) is 23.5 Å². The number of nitrogens with zero attached hydrogens (tertiary/aromatic N) is 1. The highest BCUT2D eigenvalue weighted by molar-refractivity contribution is 7.91. The molecule has 0 aliphatic heterocycles. The lowest BCUT2D eigenvalue weighted by molar-refractivity contribution is 0.501. The summed E-state index contributed by atoms with van der Waals surface area (Å²) in [4.78, 5) is 0. The number of anilines is 1. The average molecular weight is 232 g/mol. The van der Waals surface area contributed by atoms with Gasteiger partial charge in [0.1, 0.15) is 4.21 Å². The third kappa shape index (κ3) is 2.14. The highest BCUT2D eigenvalue weighted by Crippen LogP contribution is 2.24. The van der Waals surface area contributed by atoms with Crippen molar-refractivity contribution in [2.45, 2.75) is 4.21 Å². The molecule has 0 saturated carbocycles. The molecule has 0 unspecified atom stereocenters. The van der Waals surface area contributed by atoms with E-state index in [1.807, 2.05) is 0 Å².